The van der Waals surface area contributed by atoms with Gasteiger partial charge in [0.05, 0.1) is 6.10 Å². The van der Waals surface area contributed by atoms with E-state index in [2.05, 4.69) is 6.92 Å². The summed E-state index contributed by atoms with van der Waals surface area (Å²) in [6, 6.07) is 4.80. The minimum absolute atomic E-state index is 0.0540. The van der Waals surface area contributed by atoms with Crippen molar-refractivity contribution in [1.29, 1.82) is 0 Å². The highest BCUT2D eigenvalue weighted by Gasteiger charge is 2.10. The first kappa shape index (κ1) is 16.7. The summed E-state index contributed by atoms with van der Waals surface area (Å²) in [6.45, 7) is 4.23. The lowest BCUT2D eigenvalue weighted by atomic mass is 10.1. The molecule has 1 aromatic carbocycles. The number of phenolic OH excluding ortho intramolecular Hbond substituents is 2. The zero-order chi connectivity index (χ0) is 14.8. The number of unbranched alkanes of at least 4 members (excludes halogenated alkanes) is 6. The lowest BCUT2D eigenvalue weighted by Crippen LogP contribution is -2.11. The topological polar surface area (TPSA) is 49.7 Å². The van der Waals surface area contributed by atoms with Crippen LogP contribution in [0.5, 0.6) is 17.2 Å². The van der Waals surface area contributed by atoms with Gasteiger partial charge >= 0.3 is 0 Å². The fourth-order valence-corrected chi connectivity index (χ4v) is 2.27. The van der Waals surface area contributed by atoms with Gasteiger partial charge in [-0.15, -0.1) is 0 Å². The van der Waals surface area contributed by atoms with E-state index in [0.717, 1.165) is 12.8 Å². The van der Waals surface area contributed by atoms with Crippen molar-refractivity contribution >= 4 is 0 Å². The molecule has 0 saturated heterocycles. The maximum absolute atomic E-state index is 9.66. The van der Waals surface area contributed by atoms with Crippen molar-refractivity contribution in [3.05, 3.63) is 18.2 Å². The van der Waals surface area contributed by atoms with Gasteiger partial charge in [0, 0.05) is 0 Å². The fraction of sp³-hybridized carbons (Fsp3) is 0.647. The molecule has 0 aliphatic carbocycles. The summed E-state index contributed by atoms with van der Waals surface area (Å²) in [6.07, 6.45) is 10.0. The normalized spacial score (nSPS) is 12.3. The Hall–Kier alpha value is -1.38. The van der Waals surface area contributed by atoms with Crippen LogP contribution in [-0.4, -0.2) is 16.3 Å². The van der Waals surface area contributed by atoms with Crippen LogP contribution in [0.4, 0.5) is 0 Å². The Kier molecular flexibility index (Phi) is 7.93. The molecule has 1 atom stereocenters. The summed E-state index contributed by atoms with van der Waals surface area (Å²) in [5, 5.41) is 19.1. The maximum Gasteiger partial charge on any atom is 0.200 e. The number of hydrogen-bond acceptors (Lipinski definition) is 3. The van der Waals surface area contributed by atoms with Crippen LogP contribution in [0.25, 0.3) is 0 Å². The van der Waals surface area contributed by atoms with Gasteiger partial charge in [0.15, 0.2) is 11.5 Å². The number of para-hydroxylation sites is 1. The van der Waals surface area contributed by atoms with Crippen LogP contribution in [0, 0.1) is 0 Å². The van der Waals surface area contributed by atoms with Crippen molar-refractivity contribution in [2.24, 2.45) is 0 Å². The van der Waals surface area contributed by atoms with Crippen LogP contribution in [0.3, 0.4) is 0 Å². The average Bonchev–Trinajstić information content (AvgIpc) is 2.43. The molecule has 2 N–H and O–H groups in total. The molecule has 1 aromatic rings. The molecule has 3 nitrogen and oxygen atoms in total. The Morgan fingerprint density at radius 1 is 1.00 bits per heavy atom. The molecule has 0 radical (unpaired) electrons. The van der Waals surface area contributed by atoms with Crippen molar-refractivity contribution in [2.75, 3.05) is 0 Å². The van der Waals surface area contributed by atoms with Gasteiger partial charge in [0.25, 0.3) is 0 Å². The van der Waals surface area contributed by atoms with Crippen LogP contribution in [0.15, 0.2) is 18.2 Å². The second kappa shape index (κ2) is 9.51. The fourth-order valence-electron chi connectivity index (χ4n) is 2.27. The second-order valence-corrected chi connectivity index (χ2v) is 5.46. The summed E-state index contributed by atoms with van der Waals surface area (Å²) < 4.78 is 5.66. The van der Waals surface area contributed by atoms with Crippen LogP contribution >= 0.6 is 0 Å². The number of rotatable bonds is 10. The van der Waals surface area contributed by atoms with Gasteiger partial charge in [-0.25, -0.2) is 0 Å². The average molecular weight is 280 g/mol. The van der Waals surface area contributed by atoms with Crippen molar-refractivity contribution in [3.8, 4) is 17.2 Å². The molecule has 0 aromatic heterocycles. The van der Waals surface area contributed by atoms with Crippen molar-refractivity contribution in [3.63, 3.8) is 0 Å². The highest BCUT2D eigenvalue weighted by Crippen LogP contribution is 2.35. The molecular formula is C17H28O3. The van der Waals surface area contributed by atoms with Crippen LogP contribution in [0.1, 0.15) is 65.2 Å². The minimum atomic E-state index is -0.168. The summed E-state index contributed by atoms with van der Waals surface area (Å²) in [5.41, 5.74) is 0. The smallest absolute Gasteiger partial charge is 0.200 e. The Morgan fingerprint density at radius 3 is 2.35 bits per heavy atom. The molecule has 0 fully saturated rings. The first-order chi connectivity index (χ1) is 9.65. The minimum Gasteiger partial charge on any atom is -0.504 e. The Morgan fingerprint density at radius 2 is 1.65 bits per heavy atom. The van der Waals surface area contributed by atoms with Crippen molar-refractivity contribution in [2.45, 2.75) is 71.3 Å². The zero-order valence-electron chi connectivity index (χ0n) is 12.8. The first-order valence-corrected chi connectivity index (χ1v) is 7.82. The summed E-state index contributed by atoms with van der Waals surface area (Å²) in [5.74, 6) is 0.0602. The van der Waals surface area contributed by atoms with Gasteiger partial charge in [-0.2, -0.15) is 0 Å². The van der Waals surface area contributed by atoms with Gasteiger partial charge in [-0.1, -0.05) is 51.5 Å². The molecule has 0 amide bonds. The van der Waals surface area contributed by atoms with E-state index in [1.54, 1.807) is 12.1 Å². The van der Waals surface area contributed by atoms with Gasteiger partial charge in [0.1, 0.15) is 0 Å². The molecular weight excluding hydrogens is 252 g/mol. The zero-order valence-corrected chi connectivity index (χ0v) is 12.8. The number of benzene rings is 1. The molecule has 114 valence electrons. The van der Waals surface area contributed by atoms with Crippen LogP contribution in [-0.2, 0) is 0 Å². The molecule has 0 spiro atoms. The molecule has 20 heavy (non-hydrogen) atoms. The second-order valence-electron chi connectivity index (χ2n) is 5.46. The van der Waals surface area contributed by atoms with E-state index < -0.39 is 0 Å². The molecule has 0 heterocycles. The summed E-state index contributed by atoms with van der Waals surface area (Å²) >= 11 is 0. The van der Waals surface area contributed by atoms with Gasteiger partial charge in [-0.3, -0.25) is 0 Å². The number of hydrogen-bond donors (Lipinski definition) is 2. The highest BCUT2D eigenvalue weighted by molar-refractivity contribution is 5.48. The monoisotopic (exact) mass is 280 g/mol. The van der Waals surface area contributed by atoms with E-state index in [1.165, 1.54) is 44.6 Å². The summed E-state index contributed by atoms with van der Waals surface area (Å²) in [7, 11) is 0. The standard InChI is InChI=1S/C17H28O3/c1-3-4-5-6-7-8-9-11-14(2)20-16-13-10-12-15(18)17(16)19/h10,12-14,18-19H,3-9,11H2,1-2H3. The molecule has 0 aliphatic rings. The Balaban J connectivity index is 2.17. The predicted octanol–water partition coefficient (Wildman–Crippen LogP) is 5.01. The Labute approximate surface area is 122 Å². The first-order valence-electron chi connectivity index (χ1n) is 7.82. The van der Waals surface area contributed by atoms with Gasteiger partial charge in [-0.05, 0) is 31.9 Å². The molecule has 3 heteroatoms. The molecule has 0 bridgehead atoms. The largest absolute Gasteiger partial charge is 0.504 e. The van der Waals surface area contributed by atoms with Crippen LogP contribution in [0.2, 0.25) is 0 Å². The molecule has 0 saturated carbocycles. The molecule has 1 rings (SSSR count). The third-order valence-electron chi connectivity index (χ3n) is 3.52. The number of aromatic hydroxyl groups is 2. The Bertz CT molecular complexity index is 376. The van der Waals surface area contributed by atoms with E-state index in [4.69, 9.17) is 4.74 Å². The third-order valence-corrected chi connectivity index (χ3v) is 3.52. The van der Waals surface area contributed by atoms with Crippen LogP contribution < -0.4 is 4.74 Å². The van der Waals surface area contributed by atoms with E-state index in [0.29, 0.717) is 5.75 Å². The van der Waals surface area contributed by atoms with E-state index in [9.17, 15) is 10.2 Å². The third kappa shape index (κ3) is 6.18. The lowest BCUT2D eigenvalue weighted by Gasteiger charge is -2.15. The molecule has 1 unspecified atom stereocenters. The lowest BCUT2D eigenvalue weighted by molar-refractivity contribution is 0.197. The van der Waals surface area contributed by atoms with Gasteiger partial charge < -0.3 is 14.9 Å². The quantitative estimate of drug-likeness (QED) is 0.468. The number of ether oxygens (including phenoxy) is 1. The predicted molar refractivity (Wildman–Crippen MR) is 82.5 cm³/mol. The van der Waals surface area contributed by atoms with E-state index in [-0.39, 0.29) is 17.6 Å². The van der Waals surface area contributed by atoms with Crippen molar-refractivity contribution < 1.29 is 14.9 Å². The van der Waals surface area contributed by atoms with Crippen molar-refractivity contribution in [1.82, 2.24) is 0 Å². The highest BCUT2D eigenvalue weighted by atomic mass is 16.5. The molecule has 0 aliphatic heterocycles. The SMILES string of the molecule is CCCCCCCCCC(C)Oc1cccc(O)c1O. The number of phenols is 2. The van der Waals surface area contributed by atoms with E-state index in [1.807, 2.05) is 6.92 Å². The summed E-state index contributed by atoms with van der Waals surface area (Å²) in [4.78, 5) is 0. The van der Waals surface area contributed by atoms with E-state index >= 15 is 0 Å². The van der Waals surface area contributed by atoms with Gasteiger partial charge in [0.2, 0.25) is 5.75 Å². The maximum atomic E-state index is 9.66.